The Kier molecular flexibility index (Phi) is 5.84. The van der Waals surface area contributed by atoms with Crippen molar-refractivity contribution in [3.63, 3.8) is 0 Å². The Morgan fingerprint density at radius 1 is 1.15 bits per heavy atom. The van der Waals surface area contributed by atoms with Gasteiger partial charge in [-0.05, 0) is 29.8 Å². The van der Waals surface area contributed by atoms with Crippen LogP contribution in [0.25, 0.3) is 0 Å². The minimum absolute atomic E-state index is 0.00147. The lowest BCUT2D eigenvalue weighted by atomic mass is 10.2. The maximum atomic E-state index is 12.3. The van der Waals surface area contributed by atoms with Gasteiger partial charge in [-0.3, -0.25) is 0 Å². The van der Waals surface area contributed by atoms with E-state index in [4.69, 9.17) is 21.6 Å². The van der Waals surface area contributed by atoms with E-state index < -0.39 is 5.97 Å². The number of nitrogens with zero attached hydrogens (tertiary/aromatic N) is 3. The Morgan fingerprint density at radius 2 is 1.88 bits per heavy atom. The van der Waals surface area contributed by atoms with Crippen LogP contribution >= 0.6 is 23.4 Å². The van der Waals surface area contributed by atoms with Gasteiger partial charge in [0.2, 0.25) is 0 Å². The highest BCUT2D eigenvalue weighted by Crippen LogP contribution is 2.23. The molecular weight excluding hydrogens is 370 g/mol. The van der Waals surface area contributed by atoms with Gasteiger partial charge in [0.25, 0.3) is 0 Å². The number of hydrogen-bond acceptors (Lipinski definition) is 6. The number of rotatable bonds is 5. The molecule has 0 radical (unpaired) electrons. The van der Waals surface area contributed by atoms with Gasteiger partial charge in [-0.1, -0.05) is 53.7 Å². The molecule has 0 atom stereocenters. The van der Waals surface area contributed by atoms with E-state index in [1.54, 1.807) is 12.1 Å². The van der Waals surface area contributed by atoms with E-state index >= 15 is 0 Å². The van der Waals surface area contributed by atoms with Gasteiger partial charge in [-0.15, -0.1) is 0 Å². The van der Waals surface area contributed by atoms with Crippen LogP contribution in [0, 0.1) is 11.3 Å². The van der Waals surface area contributed by atoms with Crippen LogP contribution in [0.1, 0.15) is 21.6 Å². The Balaban J connectivity index is 1.71. The van der Waals surface area contributed by atoms with Crippen LogP contribution in [-0.2, 0) is 5.75 Å². The van der Waals surface area contributed by atoms with E-state index in [0.29, 0.717) is 22.2 Å². The smallest absolute Gasteiger partial charge is 0.364 e. The standard InChI is InChI=1S/C19H12ClN3O2S/c20-16-11-22-19(26-12-14-4-2-1-3-5-14)23-17(16)18(24)25-15-8-6-13(10-21)7-9-15/h1-9,11H,12H2. The highest BCUT2D eigenvalue weighted by molar-refractivity contribution is 7.98. The molecule has 3 rings (SSSR count). The van der Waals surface area contributed by atoms with Crippen LogP contribution in [0.5, 0.6) is 5.75 Å². The average Bonchev–Trinajstić information content (AvgIpc) is 2.68. The third-order valence-corrected chi connectivity index (χ3v) is 4.53. The van der Waals surface area contributed by atoms with Crippen LogP contribution in [-0.4, -0.2) is 15.9 Å². The highest BCUT2D eigenvalue weighted by atomic mass is 35.5. The van der Waals surface area contributed by atoms with Crippen molar-refractivity contribution in [2.45, 2.75) is 10.9 Å². The van der Waals surface area contributed by atoms with Crippen LogP contribution < -0.4 is 4.74 Å². The van der Waals surface area contributed by atoms with Gasteiger partial charge >= 0.3 is 5.97 Å². The van der Waals surface area contributed by atoms with E-state index in [1.807, 2.05) is 36.4 Å². The van der Waals surface area contributed by atoms with Crippen molar-refractivity contribution in [2.24, 2.45) is 0 Å². The minimum Gasteiger partial charge on any atom is -0.422 e. The van der Waals surface area contributed by atoms with Crippen molar-refractivity contribution in [3.05, 3.63) is 82.6 Å². The minimum atomic E-state index is -0.677. The van der Waals surface area contributed by atoms with Gasteiger partial charge < -0.3 is 4.74 Å². The lowest BCUT2D eigenvalue weighted by Gasteiger charge is -2.07. The molecule has 0 amide bonds. The molecule has 0 saturated carbocycles. The maximum Gasteiger partial charge on any atom is 0.364 e. The number of carbonyl (C=O) groups excluding carboxylic acids is 1. The number of benzene rings is 2. The number of carbonyl (C=O) groups is 1. The molecule has 1 aromatic heterocycles. The first-order valence-corrected chi connectivity index (χ1v) is 8.93. The van der Waals surface area contributed by atoms with E-state index in [0.717, 1.165) is 5.56 Å². The predicted molar refractivity (Wildman–Crippen MR) is 99.2 cm³/mol. The summed E-state index contributed by atoms with van der Waals surface area (Å²) in [6, 6.07) is 18.1. The van der Waals surface area contributed by atoms with Gasteiger partial charge in [0, 0.05) is 5.75 Å². The lowest BCUT2D eigenvalue weighted by molar-refractivity contribution is 0.0727. The fraction of sp³-hybridized carbons (Fsp3) is 0.0526. The molecule has 128 valence electrons. The second-order valence-corrected chi connectivity index (χ2v) is 6.50. The first-order chi connectivity index (χ1) is 12.7. The quantitative estimate of drug-likeness (QED) is 0.280. The van der Waals surface area contributed by atoms with Crippen LogP contribution in [0.2, 0.25) is 5.02 Å². The molecule has 0 fully saturated rings. The molecule has 0 aliphatic heterocycles. The van der Waals surface area contributed by atoms with Gasteiger partial charge in [-0.2, -0.15) is 5.26 Å². The summed E-state index contributed by atoms with van der Waals surface area (Å²) in [4.78, 5) is 20.7. The fourth-order valence-corrected chi connectivity index (χ4v) is 2.98. The van der Waals surface area contributed by atoms with Crippen LogP contribution in [0.15, 0.2) is 66.0 Å². The summed E-state index contributed by atoms with van der Waals surface area (Å²) in [6.07, 6.45) is 1.39. The topological polar surface area (TPSA) is 75.9 Å². The molecule has 0 spiro atoms. The summed E-state index contributed by atoms with van der Waals surface area (Å²) >= 11 is 7.44. The van der Waals surface area contributed by atoms with Crippen molar-refractivity contribution >= 4 is 29.3 Å². The molecule has 0 aliphatic rings. The summed E-state index contributed by atoms with van der Waals surface area (Å²) in [6.45, 7) is 0. The summed E-state index contributed by atoms with van der Waals surface area (Å²) in [5, 5.41) is 9.35. The Morgan fingerprint density at radius 3 is 2.58 bits per heavy atom. The first-order valence-electron chi connectivity index (χ1n) is 7.57. The van der Waals surface area contributed by atoms with Crippen molar-refractivity contribution < 1.29 is 9.53 Å². The Bertz CT molecular complexity index is 957. The number of esters is 1. The summed E-state index contributed by atoms with van der Waals surface area (Å²) < 4.78 is 5.27. The lowest BCUT2D eigenvalue weighted by Crippen LogP contribution is -2.12. The van der Waals surface area contributed by atoms with Crippen LogP contribution in [0.3, 0.4) is 0 Å². The van der Waals surface area contributed by atoms with Gasteiger partial charge in [0.1, 0.15) is 5.75 Å². The Labute approximate surface area is 159 Å². The molecule has 1 heterocycles. The summed E-state index contributed by atoms with van der Waals surface area (Å²) in [5.74, 6) is 0.304. The Hall–Kier alpha value is -2.88. The largest absolute Gasteiger partial charge is 0.422 e. The number of hydrogen-bond donors (Lipinski definition) is 0. The zero-order valence-electron chi connectivity index (χ0n) is 13.4. The normalized spacial score (nSPS) is 10.2. The second kappa shape index (κ2) is 8.48. The molecule has 0 saturated heterocycles. The molecule has 0 unspecified atom stereocenters. The molecular formula is C19H12ClN3O2S. The number of halogens is 1. The molecule has 2 aromatic carbocycles. The van der Waals surface area contributed by atoms with Crippen molar-refractivity contribution in [2.75, 3.05) is 0 Å². The molecule has 3 aromatic rings. The molecule has 26 heavy (non-hydrogen) atoms. The van der Waals surface area contributed by atoms with Crippen molar-refractivity contribution in [1.82, 2.24) is 9.97 Å². The average molecular weight is 382 g/mol. The summed E-state index contributed by atoms with van der Waals surface area (Å²) in [7, 11) is 0. The fourth-order valence-electron chi connectivity index (χ4n) is 2.04. The number of nitriles is 1. The second-order valence-electron chi connectivity index (χ2n) is 5.15. The zero-order chi connectivity index (χ0) is 18.4. The monoisotopic (exact) mass is 381 g/mol. The van der Waals surface area contributed by atoms with Gasteiger partial charge in [-0.25, -0.2) is 14.8 Å². The molecule has 7 heteroatoms. The highest BCUT2D eigenvalue weighted by Gasteiger charge is 2.17. The van der Waals surface area contributed by atoms with E-state index in [1.165, 1.54) is 30.1 Å². The summed E-state index contributed by atoms with van der Waals surface area (Å²) in [5.41, 5.74) is 1.60. The van der Waals surface area contributed by atoms with Gasteiger partial charge in [0.05, 0.1) is 22.9 Å². The number of ether oxygens (including phenoxy) is 1. The third-order valence-electron chi connectivity index (χ3n) is 3.32. The number of thioether (sulfide) groups is 1. The molecule has 0 bridgehead atoms. The zero-order valence-corrected chi connectivity index (χ0v) is 15.0. The van der Waals surface area contributed by atoms with E-state index in [-0.39, 0.29) is 10.7 Å². The van der Waals surface area contributed by atoms with E-state index in [2.05, 4.69) is 9.97 Å². The van der Waals surface area contributed by atoms with Gasteiger partial charge in [0.15, 0.2) is 10.9 Å². The molecule has 0 aliphatic carbocycles. The molecule has 0 N–H and O–H groups in total. The van der Waals surface area contributed by atoms with Crippen LogP contribution in [0.4, 0.5) is 0 Å². The van der Waals surface area contributed by atoms with Crippen molar-refractivity contribution in [3.8, 4) is 11.8 Å². The van der Waals surface area contributed by atoms with Crippen molar-refractivity contribution in [1.29, 1.82) is 5.26 Å². The predicted octanol–water partition coefficient (Wildman–Crippen LogP) is 4.51. The number of aromatic nitrogens is 2. The molecule has 5 nitrogen and oxygen atoms in total. The van der Waals surface area contributed by atoms with E-state index in [9.17, 15) is 4.79 Å². The maximum absolute atomic E-state index is 12.3. The third kappa shape index (κ3) is 4.60. The first kappa shape index (κ1) is 17.9. The SMILES string of the molecule is N#Cc1ccc(OC(=O)c2nc(SCc3ccccc3)ncc2Cl)cc1.